The fourth-order valence-corrected chi connectivity index (χ4v) is 1.62. The van der Waals surface area contributed by atoms with E-state index in [4.69, 9.17) is 14.6 Å². The van der Waals surface area contributed by atoms with Gasteiger partial charge in [-0.25, -0.2) is 9.59 Å². The van der Waals surface area contributed by atoms with Crippen LogP contribution in [0, 0.1) is 6.92 Å². The molecule has 1 aromatic heterocycles. The number of aromatic carboxylic acids is 1. The summed E-state index contributed by atoms with van der Waals surface area (Å²) in [5, 5.41) is 20.6. The molecule has 0 bridgehead atoms. The zero-order valence-electron chi connectivity index (χ0n) is 11.1. The van der Waals surface area contributed by atoms with Crippen molar-refractivity contribution < 1.29 is 24.2 Å². The van der Waals surface area contributed by atoms with E-state index in [9.17, 15) is 9.59 Å². The van der Waals surface area contributed by atoms with Gasteiger partial charge in [-0.1, -0.05) is 0 Å². The first kappa shape index (κ1) is 15.0. The van der Waals surface area contributed by atoms with Crippen LogP contribution in [-0.2, 0) is 6.54 Å². The van der Waals surface area contributed by atoms with E-state index in [0.717, 1.165) is 0 Å². The highest BCUT2D eigenvalue weighted by Crippen LogP contribution is 2.14. The summed E-state index contributed by atoms with van der Waals surface area (Å²) in [5.41, 5.74) is 0.0848. The monoisotopic (exact) mass is 270 g/mol. The maximum Gasteiger partial charge on any atom is 0.339 e. The number of carbonyl (C=O) groups is 2. The quantitative estimate of drug-likeness (QED) is 0.734. The number of rotatable bonds is 5. The van der Waals surface area contributed by atoms with Crippen molar-refractivity contribution in [1.82, 2.24) is 10.2 Å². The Morgan fingerprint density at radius 1 is 1.53 bits per heavy atom. The number of carboxylic acid groups (broad SMARTS) is 1. The average molecular weight is 270 g/mol. The summed E-state index contributed by atoms with van der Waals surface area (Å²) in [6.45, 7) is 3.44. The van der Waals surface area contributed by atoms with Gasteiger partial charge in [0.1, 0.15) is 17.1 Å². The van der Waals surface area contributed by atoms with Gasteiger partial charge in [-0.15, -0.1) is 0 Å². The van der Waals surface area contributed by atoms with E-state index in [0.29, 0.717) is 11.5 Å². The fraction of sp³-hybridized carbons (Fsp3) is 0.500. The third-order valence-electron chi connectivity index (χ3n) is 2.50. The minimum atomic E-state index is -1.06. The van der Waals surface area contributed by atoms with Crippen molar-refractivity contribution in [2.45, 2.75) is 26.5 Å². The number of likely N-dealkylation sites (N-methyl/N-ethyl adjacent to an activating group) is 1. The molecule has 1 rings (SSSR count). The lowest BCUT2D eigenvalue weighted by molar-refractivity contribution is 0.0695. The van der Waals surface area contributed by atoms with Crippen LogP contribution < -0.4 is 5.32 Å². The Labute approximate surface area is 110 Å². The van der Waals surface area contributed by atoms with E-state index in [1.54, 1.807) is 20.9 Å². The molecule has 0 fully saturated rings. The van der Waals surface area contributed by atoms with Crippen molar-refractivity contribution in [2.75, 3.05) is 13.6 Å². The SMILES string of the molecule is Cc1oc(CNC(=O)N(C)CC(C)O)cc1C(=O)O. The van der Waals surface area contributed by atoms with Crippen molar-refractivity contribution >= 4 is 12.0 Å². The Kier molecular flexibility index (Phi) is 4.94. The molecule has 0 saturated carbocycles. The fourth-order valence-electron chi connectivity index (χ4n) is 1.62. The maximum atomic E-state index is 11.6. The summed E-state index contributed by atoms with van der Waals surface area (Å²) >= 11 is 0. The van der Waals surface area contributed by atoms with Gasteiger partial charge in [0.05, 0.1) is 12.6 Å². The predicted octanol–water partition coefficient (Wildman–Crippen LogP) is 0.808. The summed E-state index contributed by atoms with van der Waals surface area (Å²) in [4.78, 5) is 23.8. The number of aliphatic hydroxyl groups excluding tert-OH is 1. The zero-order valence-corrected chi connectivity index (χ0v) is 11.1. The molecule has 0 aliphatic rings. The molecule has 0 spiro atoms. The van der Waals surface area contributed by atoms with Gasteiger partial charge in [-0.2, -0.15) is 0 Å². The molecular weight excluding hydrogens is 252 g/mol. The molecule has 19 heavy (non-hydrogen) atoms. The Bertz CT molecular complexity index is 467. The lowest BCUT2D eigenvalue weighted by atomic mass is 10.2. The van der Waals surface area contributed by atoms with E-state index in [-0.39, 0.29) is 24.7 Å². The van der Waals surface area contributed by atoms with Crippen molar-refractivity contribution in [2.24, 2.45) is 0 Å². The molecule has 3 N–H and O–H groups in total. The molecule has 1 aromatic rings. The Balaban J connectivity index is 2.55. The highest BCUT2D eigenvalue weighted by Gasteiger charge is 2.15. The molecule has 0 aliphatic heterocycles. The Hall–Kier alpha value is -2.02. The van der Waals surface area contributed by atoms with Crippen LogP contribution in [0.5, 0.6) is 0 Å². The number of aliphatic hydroxyl groups is 1. The molecule has 0 aliphatic carbocycles. The van der Waals surface area contributed by atoms with Gasteiger partial charge in [-0.3, -0.25) is 0 Å². The van der Waals surface area contributed by atoms with Gasteiger partial charge in [0.15, 0.2) is 0 Å². The molecule has 2 amide bonds. The average Bonchev–Trinajstić information content (AvgIpc) is 2.66. The van der Waals surface area contributed by atoms with Crippen molar-refractivity contribution in [3.8, 4) is 0 Å². The van der Waals surface area contributed by atoms with Crippen LogP contribution in [0.15, 0.2) is 10.5 Å². The Morgan fingerprint density at radius 2 is 2.16 bits per heavy atom. The van der Waals surface area contributed by atoms with Crippen LogP contribution in [0.1, 0.15) is 28.8 Å². The van der Waals surface area contributed by atoms with E-state index >= 15 is 0 Å². The standard InChI is InChI=1S/C12H18N2O5/c1-7(15)6-14(3)12(18)13-5-9-4-10(11(16)17)8(2)19-9/h4,7,15H,5-6H2,1-3H3,(H,13,18)(H,16,17). The van der Waals surface area contributed by atoms with Gasteiger partial charge < -0.3 is 24.8 Å². The van der Waals surface area contributed by atoms with Gasteiger partial charge in [0.2, 0.25) is 0 Å². The first-order valence-electron chi connectivity index (χ1n) is 5.81. The Morgan fingerprint density at radius 3 is 2.63 bits per heavy atom. The maximum absolute atomic E-state index is 11.6. The van der Waals surface area contributed by atoms with E-state index in [2.05, 4.69) is 5.32 Å². The highest BCUT2D eigenvalue weighted by atomic mass is 16.4. The number of carboxylic acids is 1. The van der Waals surface area contributed by atoms with Crippen LogP contribution in [0.4, 0.5) is 4.79 Å². The minimum absolute atomic E-state index is 0.0848. The molecule has 1 unspecified atom stereocenters. The summed E-state index contributed by atoms with van der Waals surface area (Å²) in [7, 11) is 1.55. The second kappa shape index (κ2) is 6.24. The number of nitrogens with zero attached hydrogens (tertiary/aromatic N) is 1. The predicted molar refractivity (Wildman–Crippen MR) is 67.0 cm³/mol. The van der Waals surface area contributed by atoms with E-state index in [1.165, 1.54) is 11.0 Å². The molecule has 1 atom stereocenters. The topological polar surface area (TPSA) is 103 Å². The van der Waals surface area contributed by atoms with Crippen LogP contribution in [-0.4, -0.2) is 46.8 Å². The second-order valence-electron chi connectivity index (χ2n) is 4.38. The van der Waals surface area contributed by atoms with Crippen molar-refractivity contribution in [1.29, 1.82) is 0 Å². The summed E-state index contributed by atoms with van der Waals surface area (Å²) in [6.07, 6.45) is -0.611. The second-order valence-corrected chi connectivity index (χ2v) is 4.38. The summed E-state index contributed by atoms with van der Waals surface area (Å²) in [6, 6.07) is 1.01. The normalized spacial score (nSPS) is 12.0. The highest BCUT2D eigenvalue weighted by molar-refractivity contribution is 5.88. The van der Waals surface area contributed by atoms with Crippen LogP contribution in [0.3, 0.4) is 0 Å². The third-order valence-corrected chi connectivity index (χ3v) is 2.50. The molecule has 0 radical (unpaired) electrons. The lowest BCUT2D eigenvalue weighted by Crippen LogP contribution is -2.40. The number of aryl methyl sites for hydroxylation is 1. The van der Waals surface area contributed by atoms with E-state index < -0.39 is 12.1 Å². The third kappa shape index (κ3) is 4.29. The first-order valence-corrected chi connectivity index (χ1v) is 5.81. The minimum Gasteiger partial charge on any atom is -0.478 e. The molecular formula is C12H18N2O5. The zero-order chi connectivity index (χ0) is 14.6. The van der Waals surface area contributed by atoms with Gasteiger partial charge >= 0.3 is 12.0 Å². The number of amides is 2. The smallest absolute Gasteiger partial charge is 0.339 e. The van der Waals surface area contributed by atoms with Crippen LogP contribution >= 0.6 is 0 Å². The first-order chi connectivity index (χ1) is 8.81. The number of furan rings is 1. The molecule has 106 valence electrons. The van der Waals surface area contributed by atoms with Crippen molar-refractivity contribution in [3.63, 3.8) is 0 Å². The van der Waals surface area contributed by atoms with Crippen molar-refractivity contribution in [3.05, 3.63) is 23.2 Å². The number of nitrogens with one attached hydrogen (secondary N) is 1. The van der Waals surface area contributed by atoms with Crippen LogP contribution in [0.25, 0.3) is 0 Å². The number of carbonyl (C=O) groups excluding carboxylic acids is 1. The number of hydrogen-bond acceptors (Lipinski definition) is 4. The molecule has 0 saturated heterocycles. The lowest BCUT2D eigenvalue weighted by Gasteiger charge is -2.18. The molecule has 7 nitrogen and oxygen atoms in total. The largest absolute Gasteiger partial charge is 0.478 e. The molecule has 0 aromatic carbocycles. The summed E-state index contributed by atoms with van der Waals surface area (Å²) < 4.78 is 5.22. The molecule has 7 heteroatoms. The number of hydrogen-bond donors (Lipinski definition) is 3. The van der Waals surface area contributed by atoms with E-state index in [1.807, 2.05) is 0 Å². The van der Waals surface area contributed by atoms with Crippen LogP contribution in [0.2, 0.25) is 0 Å². The number of urea groups is 1. The van der Waals surface area contributed by atoms with Gasteiger partial charge in [0.25, 0.3) is 0 Å². The summed E-state index contributed by atoms with van der Waals surface area (Å²) in [5.74, 6) is -0.396. The van der Waals surface area contributed by atoms with Gasteiger partial charge in [-0.05, 0) is 19.9 Å². The van der Waals surface area contributed by atoms with Gasteiger partial charge in [0, 0.05) is 13.6 Å². The molecule has 1 heterocycles.